The number of phenolic OH excluding ortho intramolecular Hbond substituents is 1. The molecule has 0 heterocycles. The van der Waals surface area contributed by atoms with Gasteiger partial charge >= 0.3 is 0 Å². The molecule has 1 N–H and O–H groups in total. The molecule has 2 nitrogen and oxygen atoms in total. The quantitative estimate of drug-likeness (QED) is 0.692. The second-order valence-corrected chi connectivity index (χ2v) is 2.40. The zero-order valence-corrected chi connectivity index (χ0v) is 6.40. The maximum atomic E-state index is 12.7. The first-order valence-electron chi connectivity index (χ1n) is 2.90. The van der Waals surface area contributed by atoms with Crippen molar-refractivity contribution in [2.24, 2.45) is 0 Å². The summed E-state index contributed by atoms with van der Waals surface area (Å²) >= 11 is 4.87. The van der Waals surface area contributed by atoms with Crippen molar-refractivity contribution < 1.29 is 18.7 Å². The van der Waals surface area contributed by atoms with Gasteiger partial charge in [0.05, 0.1) is 0 Å². The van der Waals surface area contributed by atoms with Gasteiger partial charge in [0.15, 0.2) is 0 Å². The third-order valence-corrected chi connectivity index (χ3v) is 1.41. The summed E-state index contributed by atoms with van der Waals surface area (Å²) < 4.78 is 25.3. The van der Waals surface area contributed by atoms with Crippen LogP contribution in [0.25, 0.3) is 0 Å². The van der Waals surface area contributed by atoms with E-state index in [1.54, 1.807) is 0 Å². The predicted molar refractivity (Wildman–Crippen MR) is 38.2 cm³/mol. The Hall–Kier alpha value is -1.16. The minimum atomic E-state index is -1.23. The van der Waals surface area contributed by atoms with Crippen LogP contribution >= 0.6 is 11.6 Å². The lowest BCUT2D eigenvalue weighted by molar-refractivity contribution is 0.107. The Morgan fingerprint density at radius 3 is 2.08 bits per heavy atom. The highest BCUT2D eigenvalue weighted by molar-refractivity contribution is 6.67. The number of rotatable bonds is 1. The van der Waals surface area contributed by atoms with E-state index in [-0.39, 0.29) is 0 Å². The Labute approximate surface area is 71.4 Å². The van der Waals surface area contributed by atoms with E-state index in [0.717, 1.165) is 0 Å². The molecule has 1 aromatic carbocycles. The highest BCUT2D eigenvalue weighted by Gasteiger charge is 2.16. The van der Waals surface area contributed by atoms with Crippen molar-refractivity contribution in [2.75, 3.05) is 0 Å². The molecule has 0 aromatic heterocycles. The molecule has 0 fully saturated rings. The maximum absolute atomic E-state index is 12.7. The van der Waals surface area contributed by atoms with Gasteiger partial charge < -0.3 is 5.11 Å². The number of carbonyl (C=O) groups is 1. The first kappa shape index (κ1) is 8.93. The second-order valence-electron chi connectivity index (χ2n) is 2.06. The number of hydrogen-bond donors (Lipinski definition) is 1. The van der Waals surface area contributed by atoms with Crippen molar-refractivity contribution >= 4 is 16.8 Å². The van der Waals surface area contributed by atoms with E-state index in [1.165, 1.54) is 0 Å². The van der Waals surface area contributed by atoms with Crippen LogP contribution in [0.1, 0.15) is 10.4 Å². The molecule has 0 amide bonds. The molecule has 0 spiro atoms. The summed E-state index contributed by atoms with van der Waals surface area (Å²) in [4.78, 5) is 10.4. The Kier molecular flexibility index (Phi) is 2.28. The minimum absolute atomic E-state index is 0.591. The fourth-order valence-corrected chi connectivity index (χ4v) is 0.928. The molecule has 0 saturated heterocycles. The van der Waals surface area contributed by atoms with Crippen molar-refractivity contribution in [3.8, 4) is 5.75 Å². The smallest absolute Gasteiger partial charge is 0.258 e. The largest absolute Gasteiger partial charge is 0.508 e. The Bertz CT molecular complexity index is 315. The highest BCUT2D eigenvalue weighted by atomic mass is 35.5. The first-order chi connectivity index (χ1) is 5.52. The third-order valence-electron chi connectivity index (χ3n) is 1.22. The molecule has 1 aromatic rings. The summed E-state index contributed by atoms with van der Waals surface area (Å²) in [5, 5.41) is 7.43. The number of halogens is 3. The Morgan fingerprint density at radius 1 is 1.33 bits per heavy atom. The molecule has 5 heteroatoms. The monoisotopic (exact) mass is 192 g/mol. The van der Waals surface area contributed by atoms with Crippen LogP contribution in [0, 0.1) is 11.6 Å². The van der Waals surface area contributed by atoms with Crippen LogP contribution < -0.4 is 0 Å². The molecule has 0 saturated carbocycles. The van der Waals surface area contributed by atoms with Crippen molar-refractivity contribution in [3.63, 3.8) is 0 Å². The molecular formula is C7H3ClF2O2. The van der Waals surface area contributed by atoms with Crippen LogP contribution in [-0.2, 0) is 0 Å². The fourth-order valence-electron chi connectivity index (χ4n) is 0.748. The SMILES string of the molecule is O=C(Cl)c1c(F)cc(O)cc1F. The van der Waals surface area contributed by atoms with Crippen molar-refractivity contribution in [2.45, 2.75) is 0 Å². The van der Waals surface area contributed by atoms with E-state index in [1.807, 2.05) is 0 Å². The summed E-state index contributed by atoms with van der Waals surface area (Å²) in [6.45, 7) is 0. The number of aromatic hydroxyl groups is 1. The number of carbonyl (C=O) groups excluding carboxylic acids is 1. The van der Waals surface area contributed by atoms with Gasteiger partial charge in [0.1, 0.15) is 22.9 Å². The van der Waals surface area contributed by atoms with Gasteiger partial charge in [0.2, 0.25) is 0 Å². The fraction of sp³-hybridized carbons (Fsp3) is 0. The molecule has 0 aliphatic heterocycles. The molecule has 0 aliphatic rings. The topological polar surface area (TPSA) is 37.3 Å². The van der Waals surface area contributed by atoms with Crippen molar-refractivity contribution in [3.05, 3.63) is 29.3 Å². The van der Waals surface area contributed by atoms with Gasteiger partial charge in [-0.3, -0.25) is 4.79 Å². The molecule has 12 heavy (non-hydrogen) atoms. The number of phenols is 1. The van der Waals surface area contributed by atoms with Gasteiger partial charge in [-0.15, -0.1) is 0 Å². The van der Waals surface area contributed by atoms with Crippen molar-refractivity contribution in [1.82, 2.24) is 0 Å². The molecular weight excluding hydrogens is 190 g/mol. The van der Waals surface area contributed by atoms with Crippen LogP contribution in [0.5, 0.6) is 5.75 Å². The Balaban J connectivity index is 3.38. The van der Waals surface area contributed by atoms with Gasteiger partial charge in [-0.05, 0) is 11.6 Å². The zero-order valence-electron chi connectivity index (χ0n) is 5.64. The van der Waals surface area contributed by atoms with E-state index in [2.05, 4.69) is 0 Å². The minimum Gasteiger partial charge on any atom is -0.508 e. The summed E-state index contributed by atoms with van der Waals surface area (Å²) in [5.41, 5.74) is -0.852. The van der Waals surface area contributed by atoms with Crippen LogP contribution in [0.4, 0.5) is 8.78 Å². The Morgan fingerprint density at radius 2 is 1.75 bits per heavy atom. The number of hydrogen-bond acceptors (Lipinski definition) is 2. The van der Waals surface area contributed by atoms with Gasteiger partial charge in [-0.25, -0.2) is 8.78 Å². The van der Waals surface area contributed by atoms with Crippen LogP contribution in [0.15, 0.2) is 12.1 Å². The molecule has 0 aliphatic carbocycles. The summed E-state index contributed by atoms with van der Waals surface area (Å²) in [5.74, 6) is -2.94. The second kappa shape index (κ2) is 3.06. The third kappa shape index (κ3) is 1.53. The standard InChI is InChI=1S/C7H3ClF2O2/c8-7(12)6-4(9)1-3(11)2-5(6)10/h1-2,11H. The number of benzene rings is 1. The average Bonchev–Trinajstić information content (AvgIpc) is 1.82. The molecule has 0 atom stereocenters. The van der Waals surface area contributed by atoms with E-state index in [4.69, 9.17) is 16.7 Å². The van der Waals surface area contributed by atoms with Gasteiger partial charge in [0.25, 0.3) is 5.24 Å². The molecule has 0 radical (unpaired) electrons. The van der Waals surface area contributed by atoms with Gasteiger partial charge in [-0.2, -0.15) is 0 Å². The van der Waals surface area contributed by atoms with Crippen LogP contribution in [0.3, 0.4) is 0 Å². The van der Waals surface area contributed by atoms with Crippen LogP contribution in [-0.4, -0.2) is 10.3 Å². The van der Waals surface area contributed by atoms with Crippen molar-refractivity contribution in [1.29, 1.82) is 0 Å². The summed E-state index contributed by atoms with van der Waals surface area (Å²) in [7, 11) is 0. The lowest BCUT2D eigenvalue weighted by Gasteiger charge is -1.99. The molecule has 0 bridgehead atoms. The molecule has 1 rings (SSSR count). The normalized spacial score (nSPS) is 9.92. The highest BCUT2D eigenvalue weighted by Crippen LogP contribution is 2.20. The molecule has 64 valence electrons. The van der Waals surface area contributed by atoms with Crippen LogP contribution in [0.2, 0.25) is 0 Å². The van der Waals surface area contributed by atoms with Gasteiger partial charge in [-0.1, -0.05) is 0 Å². The summed E-state index contributed by atoms with van der Waals surface area (Å²) in [6, 6.07) is 1.22. The van der Waals surface area contributed by atoms with Gasteiger partial charge in [0, 0.05) is 12.1 Å². The first-order valence-corrected chi connectivity index (χ1v) is 3.28. The lowest BCUT2D eigenvalue weighted by atomic mass is 10.2. The maximum Gasteiger partial charge on any atom is 0.258 e. The summed E-state index contributed by atoms with van der Waals surface area (Å²) in [6.07, 6.45) is 0. The zero-order chi connectivity index (χ0) is 9.30. The van der Waals surface area contributed by atoms with E-state index >= 15 is 0 Å². The van der Waals surface area contributed by atoms with E-state index in [9.17, 15) is 13.6 Å². The predicted octanol–water partition coefficient (Wildman–Crippen LogP) is 2.05. The lowest BCUT2D eigenvalue weighted by Crippen LogP contribution is -1.98. The molecule has 0 unspecified atom stereocenters. The van der Waals surface area contributed by atoms with E-state index < -0.39 is 28.2 Å². The van der Waals surface area contributed by atoms with E-state index in [0.29, 0.717) is 12.1 Å². The average molecular weight is 193 g/mol.